The Morgan fingerprint density at radius 3 is 3.08 bits per heavy atom. The van der Waals surface area contributed by atoms with Crippen LogP contribution in [0.1, 0.15) is 30.9 Å². The first-order chi connectivity index (χ1) is 12.1. The van der Waals surface area contributed by atoms with E-state index in [2.05, 4.69) is 24.9 Å². The van der Waals surface area contributed by atoms with Crippen LogP contribution in [-0.4, -0.2) is 32.0 Å². The first kappa shape index (κ1) is 16.3. The SMILES string of the molecule is C=COC(=O)O[C@@H]1C[C@@H]2Oc3c(OC)ccc4c3[C@]2(CCNC4)C1C. The monoisotopic (exact) mass is 345 g/mol. The predicted molar refractivity (Wildman–Crippen MR) is 90.7 cm³/mol. The van der Waals surface area contributed by atoms with Crippen LogP contribution >= 0.6 is 0 Å². The van der Waals surface area contributed by atoms with Crippen LogP contribution in [0.15, 0.2) is 25.0 Å². The summed E-state index contributed by atoms with van der Waals surface area (Å²) in [6.07, 6.45) is 1.68. The van der Waals surface area contributed by atoms with Gasteiger partial charge in [0.25, 0.3) is 0 Å². The second-order valence-corrected chi connectivity index (χ2v) is 6.92. The molecule has 1 unspecified atom stereocenters. The van der Waals surface area contributed by atoms with Crippen molar-refractivity contribution in [2.24, 2.45) is 5.92 Å². The molecule has 1 aromatic carbocycles. The summed E-state index contributed by atoms with van der Waals surface area (Å²) in [4.78, 5) is 11.8. The minimum absolute atomic E-state index is 0.0334. The van der Waals surface area contributed by atoms with E-state index in [1.54, 1.807) is 7.11 Å². The Bertz CT molecular complexity index is 718. The normalized spacial score (nSPS) is 32.0. The molecule has 1 aromatic rings. The van der Waals surface area contributed by atoms with Crippen molar-refractivity contribution >= 4 is 6.16 Å². The van der Waals surface area contributed by atoms with Crippen LogP contribution in [0.4, 0.5) is 4.79 Å². The van der Waals surface area contributed by atoms with Crippen molar-refractivity contribution in [1.29, 1.82) is 0 Å². The number of hydrogen-bond donors (Lipinski definition) is 1. The van der Waals surface area contributed by atoms with Crippen LogP contribution in [-0.2, 0) is 21.4 Å². The van der Waals surface area contributed by atoms with E-state index in [0.717, 1.165) is 37.3 Å². The lowest BCUT2D eigenvalue weighted by Gasteiger charge is -2.33. The van der Waals surface area contributed by atoms with Gasteiger partial charge >= 0.3 is 6.16 Å². The molecule has 1 aliphatic carbocycles. The number of rotatable bonds is 3. The maximum absolute atomic E-state index is 11.8. The maximum Gasteiger partial charge on any atom is 0.513 e. The summed E-state index contributed by atoms with van der Waals surface area (Å²) in [5.74, 6) is 1.74. The van der Waals surface area contributed by atoms with Crippen molar-refractivity contribution in [3.8, 4) is 11.5 Å². The molecule has 2 aliphatic heterocycles. The van der Waals surface area contributed by atoms with Crippen molar-refractivity contribution in [1.82, 2.24) is 5.32 Å². The van der Waals surface area contributed by atoms with Gasteiger partial charge in [-0.05, 0) is 24.6 Å². The highest BCUT2D eigenvalue weighted by atomic mass is 16.7. The summed E-state index contributed by atoms with van der Waals surface area (Å²) in [6, 6.07) is 4.08. The van der Waals surface area contributed by atoms with Gasteiger partial charge in [-0.1, -0.05) is 19.6 Å². The molecule has 25 heavy (non-hydrogen) atoms. The molecule has 1 fully saturated rings. The first-order valence-corrected chi connectivity index (χ1v) is 8.67. The van der Waals surface area contributed by atoms with Gasteiger partial charge in [0, 0.05) is 29.9 Å². The molecule has 134 valence electrons. The lowest BCUT2D eigenvalue weighted by molar-refractivity contribution is 0.0261. The zero-order valence-electron chi connectivity index (χ0n) is 14.5. The van der Waals surface area contributed by atoms with Crippen molar-refractivity contribution in [3.63, 3.8) is 0 Å². The van der Waals surface area contributed by atoms with Gasteiger partial charge < -0.3 is 24.3 Å². The maximum atomic E-state index is 11.8. The summed E-state index contributed by atoms with van der Waals surface area (Å²) in [5, 5.41) is 3.49. The van der Waals surface area contributed by atoms with E-state index >= 15 is 0 Å². The molecule has 0 amide bonds. The Morgan fingerprint density at radius 2 is 2.32 bits per heavy atom. The fourth-order valence-corrected chi connectivity index (χ4v) is 4.88. The molecule has 3 aliphatic rings. The van der Waals surface area contributed by atoms with E-state index in [4.69, 9.17) is 18.9 Å². The molecular weight excluding hydrogens is 322 g/mol. The molecule has 1 spiro atoms. The standard InChI is InChI=1S/C19H23NO5/c1-4-23-18(21)24-14-9-15-19(11(14)2)7-8-20-10-12-5-6-13(22-3)17(25-15)16(12)19/h4-6,11,14-15,20H,1,7-10H2,2-3H3/t11?,14-,15+,19-/m1/s1. The molecule has 6 heteroatoms. The third kappa shape index (κ3) is 2.24. The van der Waals surface area contributed by atoms with E-state index in [0.29, 0.717) is 6.42 Å². The van der Waals surface area contributed by atoms with Gasteiger partial charge in [0.15, 0.2) is 11.5 Å². The number of benzene rings is 1. The summed E-state index contributed by atoms with van der Waals surface area (Å²) >= 11 is 0. The van der Waals surface area contributed by atoms with Gasteiger partial charge in [-0.2, -0.15) is 0 Å². The minimum Gasteiger partial charge on any atom is -0.493 e. The topological polar surface area (TPSA) is 66.0 Å². The number of carbonyl (C=O) groups is 1. The van der Waals surface area contributed by atoms with Crippen LogP contribution in [0.3, 0.4) is 0 Å². The zero-order chi connectivity index (χ0) is 17.6. The second-order valence-electron chi connectivity index (χ2n) is 6.92. The van der Waals surface area contributed by atoms with Crippen molar-refractivity contribution in [3.05, 3.63) is 36.1 Å². The Balaban J connectivity index is 1.76. The Labute approximate surface area is 147 Å². The molecule has 0 aromatic heterocycles. The summed E-state index contributed by atoms with van der Waals surface area (Å²) in [5.41, 5.74) is 2.27. The van der Waals surface area contributed by atoms with Gasteiger partial charge in [-0.15, -0.1) is 0 Å². The first-order valence-electron chi connectivity index (χ1n) is 8.67. The van der Waals surface area contributed by atoms with Crippen molar-refractivity contribution in [2.45, 2.75) is 43.9 Å². The Kier molecular flexibility index (Phi) is 3.87. The van der Waals surface area contributed by atoms with Gasteiger partial charge in [-0.3, -0.25) is 0 Å². The highest BCUT2D eigenvalue weighted by Crippen LogP contribution is 2.60. The summed E-state index contributed by atoms with van der Waals surface area (Å²) in [6.45, 7) is 7.23. The van der Waals surface area contributed by atoms with Crippen LogP contribution in [0.2, 0.25) is 0 Å². The Morgan fingerprint density at radius 1 is 1.48 bits per heavy atom. The lowest BCUT2D eigenvalue weighted by atomic mass is 9.69. The average Bonchev–Trinajstić information content (AvgIpc) is 2.94. The molecule has 4 atom stereocenters. The van der Waals surface area contributed by atoms with E-state index in [1.807, 2.05) is 6.07 Å². The van der Waals surface area contributed by atoms with E-state index in [9.17, 15) is 4.79 Å². The van der Waals surface area contributed by atoms with Gasteiger partial charge in [0.2, 0.25) is 0 Å². The van der Waals surface area contributed by atoms with Gasteiger partial charge in [-0.25, -0.2) is 4.79 Å². The molecule has 4 rings (SSSR count). The fraction of sp³-hybridized carbons (Fsp3) is 0.526. The summed E-state index contributed by atoms with van der Waals surface area (Å²) in [7, 11) is 1.66. The Hall–Kier alpha value is -2.21. The predicted octanol–water partition coefficient (Wildman–Crippen LogP) is 2.89. The highest BCUT2D eigenvalue weighted by Gasteiger charge is 2.62. The van der Waals surface area contributed by atoms with Gasteiger partial charge in [0.05, 0.1) is 13.4 Å². The van der Waals surface area contributed by atoms with Crippen molar-refractivity contribution < 1.29 is 23.7 Å². The molecule has 2 heterocycles. The fourth-order valence-electron chi connectivity index (χ4n) is 4.88. The molecule has 0 radical (unpaired) electrons. The molecule has 1 saturated carbocycles. The smallest absolute Gasteiger partial charge is 0.493 e. The summed E-state index contributed by atoms with van der Waals surface area (Å²) < 4.78 is 22.2. The molecule has 1 N–H and O–H groups in total. The number of hydrogen-bond acceptors (Lipinski definition) is 6. The largest absolute Gasteiger partial charge is 0.513 e. The minimum atomic E-state index is -0.707. The van der Waals surface area contributed by atoms with Crippen LogP contribution < -0.4 is 14.8 Å². The molecule has 6 nitrogen and oxygen atoms in total. The molecule has 0 bridgehead atoms. The van der Waals surface area contributed by atoms with Crippen LogP contribution in [0.25, 0.3) is 0 Å². The third-order valence-electron chi connectivity index (χ3n) is 6.00. The molecular formula is C19H23NO5. The van der Waals surface area contributed by atoms with E-state index in [1.165, 1.54) is 11.1 Å². The quantitative estimate of drug-likeness (QED) is 0.671. The number of carbonyl (C=O) groups excluding carboxylic acids is 1. The third-order valence-corrected chi connectivity index (χ3v) is 6.00. The number of ether oxygens (including phenoxy) is 4. The lowest BCUT2D eigenvalue weighted by Crippen LogP contribution is -2.40. The number of methoxy groups -OCH3 is 1. The van der Waals surface area contributed by atoms with Crippen LogP contribution in [0, 0.1) is 5.92 Å². The average molecular weight is 345 g/mol. The second kappa shape index (κ2) is 5.95. The molecule has 0 saturated heterocycles. The highest BCUT2D eigenvalue weighted by molar-refractivity contribution is 5.62. The van der Waals surface area contributed by atoms with E-state index < -0.39 is 6.16 Å². The van der Waals surface area contributed by atoms with Crippen LogP contribution in [0.5, 0.6) is 11.5 Å². The number of nitrogens with one attached hydrogen (secondary N) is 1. The van der Waals surface area contributed by atoms with E-state index in [-0.39, 0.29) is 23.5 Å². The van der Waals surface area contributed by atoms with Gasteiger partial charge in [0.1, 0.15) is 12.2 Å². The van der Waals surface area contributed by atoms with Crippen molar-refractivity contribution in [2.75, 3.05) is 13.7 Å². The zero-order valence-corrected chi connectivity index (χ0v) is 14.5.